The van der Waals surface area contributed by atoms with E-state index in [1.54, 1.807) is 36.5 Å². The van der Waals surface area contributed by atoms with E-state index in [0.29, 0.717) is 23.5 Å². The van der Waals surface area contributed by atoms with Gasteiger partial charge in [0.2, 0.25) is 0 Å². The summed E-state index contributed by atoms with van der Waals surface area (Å²) in [7, 11) is 1.72. The molecule has 0 bridgehead atoms. The van der Waals surface area contributed by atoms with Crippen molar-refractivity contribution in [3.63, 3.8) is 0 Å². The van der Waals surface area contributed by atoms with Crippen molar-refractivity contribution in [2.75, 3.05) is 13.6 Å². The summed E-state index contributed by atoms with van der Waals surface area (Å²) in [4.78, 5) is 17.6. The van der Waals surface area contributed by atoms with Crippen LogP contribution in [0.5, 0.6) is 0 Å². The van der Waals surface area contributed by atoms with Crippen LogP contribution in [0.3, 0.4) is 0 Å². The van der Waals surface area contributed by atoms with Crippen LogP contribution in [0.4, 0.5) is 0 Å². The highest BCUT2D eigenvalue weighted by atomic mass is 32.1. The van der Waals surface area contributed by atoms with Gasteiger partial charge in [-0.05, 0) is 12.1 Å². The fourth-order valence-corrected chi connectivity index (χ4v) is 1.18. The van der Waals surface area contributed by atoms with Gasteiger partial charge in [-0.1, -0.05) is 12.2 Å². The molecule has 1 aromatic heterocycles. The SMILES string of the molecule is CN(CCC(N)=S)C(=O)c1cccnc1. The van der Waals surface area contributed by atoms with Crippen LogP contribution in [0.15, 0.2) is 24.5 Å². The van der Waals surface area contributed by atoms with Crippen LogP contribution in [0.2, 0.25) is 0 Å². The number of hydrogen-bond donors (Lipinski definition) is 1. The van der Waals surface area contributed by atoms with Crippen LogP contribution in [-0.4, -0.2) is 34.4 Å². The molecule has 0 aliphatic carbocycles. The number of pyridine rings is 1. The van der Waals surface area contributed by atoms with Gasteiger partial charge in [-0.25, -0.2) is 0 Å². The average Bonchev–Trinajstić information content (AvgIpc) is 2.26. The van der Waals surface area contributed by atoms with E-state index in [1.807, 2.05) is 0 Å². The Labute approximate surface area is 94.1 Å². The Balaban J connectivity index is 2.57. The van der Waals surface area contributed by atoms with E-state index in [0.717, 1.165) is 0 Å². The smallest absolute Gasteiger partial charge is 0.255 e. The quantitative estimate of drug-likeness (QED) is 0.768. The van der Waals surface area contributed by atoms with Gasteiger partial charge in [0.15, 0.2) is 0 Å². The molecule has 4 nitrogen and oxygen atoms in total. The largest absolute Gasteiger partial charge is 0.393 e. The topological polar surface area (TPSA) is 59.2 Å². The first-order valence-electron chi connectivity index (χ1n) is 4.55. The van der Waals surface area contributed by atoms with Gasteiger partial charge in [-0.3, -0.25) is 9.78 Å². The molecule has 1 amide bonds. The Morgan fingerprint density at radius 1 is 1.67 bits per heavy atom. The molecule has 1 heterocycles. The number of aromatic nitrogens is 1. The normalized spacial score (nSPS) is 9.67. The second kappa shape index (κ2) is 5.41. The summed E-state index contributed by atoms with van der Waals surface area (Å²) in [6, 6.07) is 3.46. The Bertz CT molecular complexity index is 353. The monoisotopic (exact) mass is 223 g/mol. The Morgan fingerprint density at radius 2 is 2.40 bits per heavy atom. The van der Waals surface area contributed by atoms with Crippen LogP contribution >= 0.6 is 12.2 Å². The molecule has 80 valence electrons. The summed E-state index contributed by atoms with van der Waals surface area (Å²) in [5, 5.41) is 0. The lowest BCUT2D eigenvalue weighted by Crippen LogP contribution is -2.30. The summed E-state index contributed by atoms with van der Waals surface area (Å²) < 4.78 is 0. The molecule has 0 saturated carbocycles. The molecule has 0 fully saturated rings. The molecule has 5 heteroatoms. The number of hydrogen-bond acceptors (Lipinski definition) is 3. The minimum absolute atomic E-state index is 0.0700. The van der Waals surface area contributed by atoms with E-state index in [1.165, 1.54) is 0 Å². The number of nitrogens with zero attached hydrogens (tertiary/aromatic N) is 2. The highest BCUT2D eigenvalue weighted by Gasteiger charge is 2.10. The maximum absolute atomic E-state index is 11.8. The van der Waals surface area contributed by atoms with E-state index in [9.17, 15) is 4.79 Å². The third-order valence-electron chi connectivity index (χ3n) is 1.95. The maximum Gasteiger partial charge on any atom is 0.255 e. The third kappa shape index (κ3) is 3.63. The lowest BCUT2D eigenvalue weighted by molar-refractivity contribution is 0.0798. The molecule has 0 aliphatic heterocycles. The molecule has 0 aromatic carbocycles. The van der Waals surface area contributed by atoms with Crippen LogP contribution in [0, 0.1) is 0 Å². The Kier molecular flexibility index (Phi) is 4.17. The molecular formula is C10H13N3OS. The number of carbonyl (C=O) groups excluding carboxylic acids is 1. The molecule has 0 aliphatic rings. The fourth-order valence-electron chi connectivity index (χ4n) is 1.09. The van der Waals surface area contributed by atoms with Crippen molar-refractivity contribution in [2.24, 2.45) is 5.73 Å². The lowest BCUT2D eigenvalue weighted by Gasteiger charge is -2.16. The van der Waals surface area contributed by atoms with Crippen LogP contribution < -0.4 is 5.73 Å². The molecule has 0 unspecified atom stereocenters. The Morgan fingerprint density at radius 3 is 2.93 bits per heavy atom. The molecule has 15 heavy (non-hydrogen) atoms. The molecule has 0 spiro atoms. The van der Waals surface area contributed by atoms with Crippen molar-refractivity contribution < 1.29 is 4.79 Å². The van der Waals surface area contributed by atoms with Crippen molar-refractivity contribution in [3.8, 4) is 0 Å². The lowest BCUT2D eigenvalue weighted by atomic mass is 10.2. The highest BCUT2D eigenvalue weighted by Crippen LogP contribution is 2.01. The first kappa shape index (κ1) is 11.6. The van der Waals surface area contributed by atoms with Crippen LogP contribution in [0.1, 0.15) is 16.8 Å². The van der Waals surface area contributed by atoms with Crippen molar-refractivity contribution in [1.82, 2.24) is 9.88 Å². The predicted octanol–water partition coefficient (Wildman–Crippen LogP) is 0.830. The maximum atomic E-state index is 11.8. The minimum Gasteiger partial charge on any atom is -0.393 e. The van der Waals surface area contributed by atoms with E-state index < -0.39 is 0 Å². The third-order valence-corrected chi connectivity index (χ3v) is 2.15. The number of rotatable bonds is 4. The summed E-state index contributed by atoms with van der Waals surface area (Å²) in [6.07, 6.45) is 3.71. The molecule has 0 radical (unpaired) electrons. The van der Waals surface area contributed by atoms with Gasteiger partial charge in [-0.15, -0.1) is 0 Å². The van der Waals surface area contributed by atoms with Crippen LogP contribution in [0.25, 0.3) is 0 Å². The van der Waals surface area contributed by atoms with E-state index in [4.69, 9.17) is 18.0 Å². The molecule has 1 aromatic rings. The average molecular weight is 223 g/mol. The number of nitrogens with two attached hydrogens (primary N) is 1. The standard InChI is InChI=1S/C10H13N3OS/c1-13(6-4-9(11)15)10(14)8-3-2-5-12-7-8/h2-3,5,7H,4,6H2,1H3,(H2,11,15). The van der Waals surface area contributed by atoms with Crippen molar-refractivity contribution in [2.45, 2.75) is 6.42 Å². The summed E-state index contributed by atoms with van der Waals surface area (Å²) in [5.74, 6) is -0.0700. The number of thiocarbonyl (C=S) groups is 1. The second-order valence-corrected chi connectivity index (χ2v) is 3.71. The van der Waals surface area contributed by atoms with E-state index >= 15 is 0 Å². The summed E-state index contributed by atoms with van der Waals surface area (Å²) in [5.41, 5.74) is 5.93. The molecule has 0 saturated heterocycles. The first-order chi connectivity index (χ1) is 7.11. The van der Waals surface area contributed by atoms with Crippen molar-refractivity contribution >= 4 is 23.1 Å². The predicted molar refractivity (Wildman–Crippen MR) is 62.6 cm³/mol. The van der Waals surface area contributed by atoms with Crippen LogP contribution in [-0.2, 0) is 0 Å². The van der Waals surface area contributed by atoms with Gasteiger partial charge in [0, 0.05) is 32.4 Å². The summed E-state index contributed by atoms with van der Waals surface area (Å²) in [6.45, 7) is 0.531. The zero-order valence-corrected chi connectivity index (χ0v) is 9.33. The number of carbonyl (C=O) groups is 1. The minimum atomic E-state index is -0.0700. The van der Waals surface area contributed by atoms with Gasteiger partial charge in [0.1, 0.15) is 0 Å². The summed E-state index contributed by atoms with van der Waals surface area (Å²) >= 11 is 4.74. The molecule has 1 rings (SSSR count). The zero-order chi connectivity index (χ0) is 11.3. The van der Waals surface area contributed by atoms with Gasteiger partial charge >= 0.3 is 0 Å². The first-order valence-corrected chi connectivity index (χ1v) is 4.96. The number of amides is 1. The Hall–Kier alpha value is -1.49. The van der Waals surface area contributed by atoms with Crippen molar-refractivity contribution in [3.05, 3.63) is 30.1 Å². The van der Waals surface area contributed by atoms with E-state index in [2.05, 4.69) is 4.98 Å². The van der Waals surface area contributed by atoms with Gasteiger partial charge < -0.3 is 10.6 Å². The molecule has 2 N–H and O–H groups in total. The van der Waals surface area contributed by atoms with Gasteiger partial charge in [0.05, 0.1) is 10.6 Å². The highest BCUT2D eigenvalue weighted by molar-refractivity contribution is 7.80. The van der Waals surface area contributed by atoms with Crippen molar-refractivity contribution in [1.29, 1.82) is 0 Å². The van der Waals surface area contributed by atoms with Gasteiger partial charge in [0.25, 0.3) is 5.91 Å². The molecular weight excluding hydrogens is 210 g/mol. The zero-order valence-electron chi connectivity index (χ0n) is 8.51. The second-order valence-electron chi connectivity index (χ2n) is 3.18. The van der Waals surface area contributed by atoms with Gasteiger partial charge in [-0.2, -0.15) is 0 Å². The fraction of sp³-hybridized carbons (Fsp3) is 0.300. The molecule has 0 atom stereocenters. The van der Waals surface area contributed by atoms with E-state index in [-0.39, 0.29) is 5.91 Å².